The topological polar surface area (TPSA) is 73.6 Å². The maximum atomic E-state index is 11.8. The highest BCUT2D eigenvalue weighted by Gasteiger charge is 2.30. The number of carbonyl (C=O) groups excluding carboxylic acids is 1. The largest absolute Gasteiger partial charge is 0.381 e. The summed E-state index contributed by atoms with van der Waals surface area (Å²) in [5.41, 5.74) is 5.51. The summed E-state index contributed by atoms with van der Waals surface area (Å²) in [7, 11) is 0. The lowest BCUT2D eigenvalue weighted by Crippen LogP contribution is -2.39. The van der Waals surface area contributed by atoms with Gasteiger partial charge < -0.3 is 20.5 Å². The second-order valence-corrected chi connectivity index (χ2v) is 4.89. The molecule has 5 nitrogen and oxygen atoms in total. The molecular weight excluding hydrogens is 220 g/mol. The number of rotatable bonds is 4. The molecule has 0 aromatic rings. The summed E-state index contributed by atoms with van der Waals surface area (Å²) in [5, 5.41) is 2.95. The molecule has 0 spiro atoms. The number of carbonyl (C=O) groups is 1. The number of nitrogens with two attached hydrogens (primary N) is 1. The predicted molar refractivity (Wildman–Crippen MR) is 63.5 cm³/mol. The summed E-state index contributed by atoms with van der Waals surface area (Å²) < 4.78 is 10.9. The van der Waals surface area contributed by atoms with Crippen molar-refractivity contribution in [3.8, 4) is 0 Å². The lowest BCUT2D eigenvalue weighted by Gasteiger charge is -2.23. The van der Waals surface area contributed by atoms with Gasteiger partial charge in [0.25, 0.3) is 0 Å². The minimum Gasteiger partial charge on any atom is -0.381 e. The Balaban J connectivity index is 1.66. The first kappa shape index (κ1) is 12.8. The van der Waals surface area contributed by atoms with Crippen LogP contribution in [0.1, 0.15) is 25.7 Å². The highest BCUT2D eigenvalue weighted by Crippen LogP contribution is 2.19. The summed E-state index contributed by atoms with van der Waals surface area (Å²) >= 11 is 0. The van der Waals surface area contributed by atoms with Gasteiger partial charge in [-0.15, -0.1) is 0 Å². The molecule has 98 valence electrons. The van der Waals surface area contributed by atoms with E-state index in [9.17, 15) is 4.79 Å². The van der Waals surface area contributed by atoms with E-state index in [0.717, 1.165) is 38.9 Å². The standard InChI is InChI=1S/C12H22N2O3/c13-6-10-3-4-11(17-10)12(15)14-7-9-2-1-5-16-8-9/h9-11H,1-8,13H2,(H,14,15)/t9?,10-,11+/m1/s1. The first-order chi connectivity index (χ1) is 8.29. The molecule has 2 fully saturated rings. The van der Waals surface area contributed by atoms with Crippen molar-refractivity contribution in [1.29, 1.82) is 0 Å². The Morgan fingerprint density at radius 1 is 1.35 bits per heavy atom. The third-order valence-corrected chi connectivity index (χ3v) is 3.48. The lowest BCUT2D eigenvalue weighted by molar-refractivity contribution is -0.132. The molecule has 2 saturated heterocycles. The van der Waals surface area contributed by atoms with Gasteiger partial charge in [-0.3, -0.25) is 4.79 Å². The van der Waals surface area contributed by atoms with Crippen LogP contribution < -0.4 is 11.1 Å². The quantitative estimate of drug-likeness (QED) is 0.730. The Bertz CT molecular complexity index is 254. The van der Waals surface area contributed by atoms with Gasteiger partial charge in [-0.25, -0.2) is 0 Å². The molecule has 2 aliphatic rings. The van der Waals surface area contributed by atoms with Crippen LogP contribution in [-0.2, 0) is 14.3 Å². The Kier molecular flexibility index (Phi) is 4.76. The van der Waals surface area contributed by atoms with E-state index in [1.54, 1.807) is 0 Å². The monoisotopic (exact) mass is 242 g/mol. The molecule has 3 N–H and O–H groups in total. The van der Waals surface area contributed by atoms with Crippen molar-refractivity contribution >= 4 is 5.91 Å². The number of hydrogen-bond acceptors (Lipinski definition) is 4. The van der Waals surface area contributed by atoms with Crippen molar-refractivity contribution in [1.82, 2.24) is 5.32 Å². The summed E-state index contributed by atoms with van der Waals surface area (Å²) in [5.74, 6) is 0.464. The SMILES string of the molecule is NC[C@H]1CC[C@@H](C(=O)NCC2CCCOC2)O1. The molecule has 3 atom stereocenters. The molecule has 2 aliphatic heterocycles. The zero-order valence-electron chi connectivity index (χ0n) is 10.2. The summed E-state index contributed by atoms with van der Waals surface area (Å²) in [6.45, 7) is 2.82. The van der Waals surface area contributed by atoms with E-state index < -0.39 is 0 Å². The van der Waals surface area contributed by atoms with Crippen LogP contribution in [0.25, 0.3) is 0 Å². The minimum atomic E-state index is -0.298. The molecule has 0 aliphatic carbocycles. The first-order valence-corrected chi connectivity index (χ1v) is 6.50. The van der Waals surface area contributed by atoms with Crippen molar-refractivity contribution in [3.63, 3.8) is 0 Å². The summed E-state index contributed by atoms with van der Waals surface area (Å²) in [4.78, 5) is 11.8. The van der Waals surface area contributed by atoms with Crippen LogP contribution in [0.15, 0.2) is 0 Å². The molecule has 1 unspecified atom stereocenters. The Morgan fingerprint density at radius 2 is 2.24 bits per heavy atom. The second-order valence-electron chi connectivity index (χ2n) is 4.89. The normalized spacial score (nSPS) is 33.6. The van der Waals surface area contributed by atoms with E-state index in [4.69, 9.17) is 15.2 Å². The van der Waals surface area contributed by atoms with Crippen molar-refractivity contribution in [3.05, 3.63) is 0 Å². The van der Waals surface area contributed by atoms with Crippen LogP contribution in [0.2, 0.25) is 0 Å². The Morgan fingerprint density at radius 3 is 2.88 bits per heavy atom. The number of amides is 1. The van der Waals surface area contributed by atoms with Gasteiger partial charge >= 0.3 is 0 Å². The van der Waals surface area contributed by atoms with Crippen molar-refractivity contribution in [2.45, 2.75) is 37.9 Å². The van der Waals surface area contributed by atoms with Gasteiger partial charge in [-0.05, 0) is 31.6 Å². The van der Waals surface area contributed by atoms with E-state index >= 15 is 0 Å². The van der Waals surface area contributed by atoms with E-state index in [1.807, 2.05) is 0 Å². The Labute approximate surface area is 102 Å². The zero-order chi connectivity index (χ0) is 12.1. The van der Waals surface area contributed by atoms with E-state index in [0.29, 0.717) is 19.0 Å². The third-order valence-electron chi connectivity index (χ3n) is 3.48. The molecular formula is C12H22N2O3. The van der Waals surface area contributed by atoms with E-state index in [2.05, 4.69) is 5.32 Å². The molecule has 0 radical (unpaired) electrons. The van der Waals surface area contributed by atoms with Crippen molar-refractivity contribution in [2.75, 3.05) is 26.3 Å². The van der Waals surface area contributed by atoms with Gasteiger partial charge in [0.1, 0.15) is 6.10 Å². The Hall–Kier alpha value is -0.650. The average molecular weight is 242 g/mol. The third kappa shape index (κ3) is 3.66. The summed E-state index contributed by atoms with van der Waals surface area (Å²) in [6.07, 6.45) is 3.67. The van der Waals surface area contributed by atoms with Crippen LogP contribution in [0.3, 0.4) is 0 Å². The fraction of sp³-hybridized carbons (Fsp3) is 0.917. The van der Waals surface area contributed by atoms with Gasteiger partial charge in [-0.2, -0.15) is 0 Å². The van der Waals surface area contributed by atoms with Gasteiger partial charge in [0.2, 0.25) is 5.91 Å². The maximum absolute atomic E-state index is 11.8. The highest BCUT2D eigenvalue weighted by molar-refractivity contribution is 5.81. The molecule has 0 aromatic heterocycles. The van der Waals surface area contributed by atoms with Gasteiger partial charge in [0.05, 0.1) is 12.7 Å². The van der Waals surface area contributed by atoms with Crippen LogP contribution in [0.5, 0.6) is 0 Å². The molecule has 0 aromatic carbocycles. The van der Waals surface area contributed by atoms with E-state index in [1.165, 1.54) is 0 Å². The fourth-order valence-electron chi connectivity index (χ4n) is 2.40. The average Bonchev–Trinajstić information content (AvgIpc) is 2.86. The number of nitrogens with one attached hydrogen (secondary N) is 1. The van der Waals surface area contributed by atoms with Gasteiger partial charge in [-0.1, -0.05) is 0 Å². The predicted octanol–water partition coefficient (Wildman–Crippen LogP) is 0.0355. The molecule has 2 rings (SSSR count). The molecule has 0 saturated carbocycles. The minimum absolute atomic E-state index is 0.00604. The zero-order valence-corrected chi connectivity index (χ0v) is 10.2. The van der Waals surface area contributed by atoms with Crippen LogP contribution in [0, 0.1) is 5.92 Å². The highest BCUT2D eigenvalue weighted by atomic mass is 16.5. The lowest BCUT2D eigenvalue weighted by atomic mass is 10.0. The van der Waals surface area contributed by atoms with Gasteiger partial charge in [0.15, 0.2) is 0 Å². The van der Waals surface area contributed by atoms with Crippen LogP contribution in [-0.4, -0.2) is 44.4 Å². The molecule has 1 amide bonds. The molecule has 2 heterocycles. The van der Waals surface area contributed by atoms with E-state index in [-0.39, 0.29) is 18.1 Å². The molecule has 17 heavy (non-hydrogen) atoms. The number of ether oxygens (including phenoxy) is 2. The van der Waals surface area contributed by atoms with Gasteiger partial charge in [0, 0.05) is 19.7 Å². The van der Waals surface area contributed by atoms with Crippen LogP contribution in [0.4, 0.5) is 0 Å². The molecule has 5 heteroatoms. The fourth-order valence-corrected chi connectivity index (χ4v) is 2.40. The van der Waals surface area contributed by atoms with Crippen molar-refractivity contribution in [2.24, 2.45) is 11.7 Å². The number of hydrogen-bond donors (Lipinski definition) is 2. The molecule has 0 bridgehead atoms. The first-order valence-electron chi connectivity index (χ1n) is 6.50. The van der Waals surface area contributed by atoms with Crippen molar-refractivity contribution < 1.29 is 14.3 Å². The smallest absolute Gasteiger partial charge is 0.249 e. The van der Waals surface area contributed by atoms with Crippen LogP contribution >= 0.6 is 0 Å². The maximum Gasteiger partial charge on any atom is 0.249 e. The second kappa shape index (κ2) is 6.33. The summed E-state index contributed by atoms with van der Waals surface area (Å²) in [6, 6.07) is 0.